The molecular weight excluding hydrogens is 389 g/mol. The number of hydrogen-bond donors (Lipinski definition) is 2. The topological polar surface area (TPSA) is 98.1 Å². The Morgan fingerprint density at radius 1 is 1.13 bits per heavy atom. The summed E-state index contributed by atoms with van der Waals surface area (Å²) in [5.74, 6) is -1.83. The lowest BCUT2D eigenvalue weighted by Crippen LogP contribution is -2.46. The van der Waals surface area contributed by atoms with Crippen LogP contribution in [0.1, 0.15) is 18.2 Å². The van der Waals surface area contributed by atoms with Crippen LogP contribution < -0.4 is 15.6 Å². The van der Waals surface area contributed by atoms with Gasteiger partial charge in [0.25, 0.3) is 11.8 Å². The minimum Gasteiger partial charge on any atom is -0.478 e. The van der Waals surface area contributed by atoms with E-state index in [1.165, 1.54) is 37.3 Å². The van der Waals surface area contributed by atoms with Crippen molar-refractivity contribution in [2.45, 2.75) is 19.6 Å². The standard InChI is InChI=1S/C21H20FN5O3/c1-15(30-19-10-6-5-9-18(19)22)21(29)25-24-20(28)12-11-17-14-27(26-23-17)13-16-7-3-2-4-8-16/h2-12,14-15H,13H2,1H3,(H,24,28)(H,25,29)/b12-11+/t15-/m0/s1. The third-order valence-corrected chi connectivity index (χ3v) is 3.97. The number of rotatable bonds is 7. The zero-order chi connectivity index (χ0) is 21.3. The van der Waals surface area contributed by atoms with E-state index in [4.69, 9.17) is 4.74 Å². The summed E-state index contributed by atoms with van der Waals surface area (Å²) in [5.41, 5.74) is 6.01. The molecular formula is C21H20FN5O3. The maximum Gasteiger partial charge on any atom is 0.279 e. The first-order valence-electron chi connectivity index (χ1n) is 9.14. The number of amides is 2. The van der Waals surface area contributed by atoms with Gasteiger partial charge in [0.1, 0.15) is 5.69 Å². The number of benzene rings is 2. The highest BCUT2D eigenvalue weighted by atomic mass is 19.1. The van der Waals surface area contributed by atoms with E-state index < -0.39 is 23.7 Å². The lowest BCUT2D eigenvalue weighted by atomic mass is 10.2. The average molecular weight is 409 g/mol. The highest BCUT2D eigenvalue weighted by molar-refractivity contribution is 5.93. The SMILES string of the molecule is C[C@H](Oc1ccccc1F)C(=O)NNC(=O)/C=C/c1cn(Cc2ccccc2)nn1. The predicted octanol–water partition coefficient (Wildman–Crippen LogP) is 2.09. The van der Waals surface area contributed by atoms with Crippen LogP contribution in [0.25, 0.3) is 6.08 Å². The maximum absolute atomic E-state index is 13.6. The summed E-state index contributed by atoms with van der Waals surface area (Å²) in [6.45, 7) is 2.00. The van der Waals surface area contributed by atoms with Gasteiger partial charge in [-0.2, -0.15) is 0 Å². The number of hydrogen-bond acceptors (Lipinski definition) is 5. The summed E-state index contributed by atoms with van der Waals surface area (Å²) in [7, 11) is 0. The van der Waals surface area contributed by atoms with Gasteiger partial charge in [-0.15, -0.1) is 5.10 Å². The van der Waals surface area contributed by atoms with Crippen molar-refractivity contribution < 1.29 is 18.7 Å². The number of hydrazine groups is 1. The van der Waals surface area contributed by atoms with Gasteiger partial charge in [0.05, 0.1) is 12.7 Å². The zero-order valence-corrected chi connectivity index (χ0v) is 16.2. The molecule has 3 rings (SSSR count). The molecule has 30 heavy (non-hydrogen) atoms. The Balaban J connectivity index is 1.45. The Labute approximate surface area is 172 Å². The largest absolute Gasteiger partial charge is 0.478 e. The minimum absolute atomic E-state index is 0.0510. The minimum atomic E-state index is -1.01. The molecule has 3 aromatic rings. The molecule has 1 atom stereocenters. The van der Waals surface area contributed by atoms with Gasteiger partial charge in [-0.3, -0.25) is 20.4 Å². The van der Waals surface area contributed by atoms with Crippen LogP contribution in [0, 0.1) is 5.82 Å². The molecule has 0 aliphatic carbocycles. The molecule has 0 bridgehead atoms. The number of aromatic nitrogens is 3. The molecule has 1 heterocycles. The van der Waals surface area contributed by atoms with Crippen LogP contribution in [0.2, 0.25) is 0 Å². The first-order valence-corrected chi connectivity index (χ1v) is 9.14. The van der Waals surface area contributed by atoms with Gasteiger partial charge in [-0.25, -0.2) is 9.07 Å². The maximum atomic E-state index is 13.6. The predicted molar refractivity (Wildman–Crippen MR) is 107 cm³/mol. The molecule has 0 aliphatic heterocycles. The molecule has 0 saturated heterocycles. The van der Waals surface area contributed by atoms with E-state index in [0.29, 0.717) is 12.2 Å². The second kappa shape index (κ2) is 9.97. The van der Waals surface area contributed by atoms with Crippen LogP contribution >= 0.6 is 0 Å². The van der Waals surface area contributed by atoms with E-state index in [-0.39, 0.29) is 5.75 Å². The number of nitrogens with zero attached hydrogens (tertiary/aromatic N) is 3. The van der Waals surface area contributed by atoms with E-state index in [2.05, 4.69) is 21.2 Å². The molecule has 0 radical (unpaired) electrons. The summed E-state index contributed by atoms with van der Waals surface area (Å²) < 4.78 is 20.5. The first kappa shape index (κ1) is 20.7. The Kier molecular flexibility index (Phi) is 6.88. The lowest BCUT2D eigenvalue weighted by Gasteiger charge is -2.15. The monoisotopic (exact) mass is 409 g/mol. The van der Waals surface area contributed by atoms with Crippen LogP contribution in [-0.2, 0) is 16.1 Å². The van der Waals surface area contributed by atoms with Crippen molar-refractivity contribution in [1.82, 2.24) is 25.8 Å². The fourth-order valence-corrected chi connectivity index (χ4v) is 2.45. The zero-order valence-electron chi connectivity index (χ0n) is 16.2. The molecule has 0 unspecified atom stereocenters. The molecule has 9 heteroatoms. The van der Waals surface area contributed by atoms with Crippen molar-refractivity contribution in [3.8, 4) is 5.75 Å². The molecule has 154 valence electrons. The van der Waals surface area contributed by atoms with E-state index in [1.54, 1.807) is 16.9 Å². The molecule has 0 spiro atoms. The van der Waals surface area contributed by atoms with Gasteiger partial charge >= 0.3 is 0 Å². The van der Waals surface area contributed by atoms with Gasteiger partial charge in [-0.1, -0.05) is 47.7 Å². The van der Waals surface area contributed by atoms with Crippen LogP contribution in [0.4, 0.5) is 4.39 Å². The fourth-order valence-electron chi connectivity index (χ4n) is 2.45. The van der Waals surface area contributed by atoms with Crippen molar-refractivity contribution in [2.24, 2.45) is 0 Å². The van der Waals surface area contributed by atoms with Crippen LogP contribution in [-0.4, -0.2) is 32.9 Å². The van der Waals surface area contributed by atoms with Crippen molar-refractivity contribution in [3.63, 3.8) is 0 Å². The third kappa shape index (κ3) is 5.99. The number of para-hydroxylation sites is 1. The molecule has 8 nitrogen and oxygen atoms in total. The summed E-state index contributed by atoms with van der Waals surface area (Å²) >= 11 is 0. The Hall–Kier alpha value is -4.01. The van der Waals surface area contributed by atoms with Gasteiger partial charge in [0.2, 0.25) is 0 Å². The Bertz CT molecular complexity index is 1040. The van der Waals surface area contributed by atoms with E-state index in [1.807, 2.05) is 30.3 Å². The molecule has 1 aromatic heterocycles. The number of ether oxygens (including phenoxy) is 1. The fraction of sp³-hybridized carbons (Fsp3) is 0.143. The smallest absolute Gasteiger partial charge is 0.279 e. The summed E-state index contributed by atoms with van der Waals surface area (Å²) in [5, 5.41) is 7.97. The van der Waals surface area contributed by atoms with E-state index in [9.17, 15) is 14.0 Å². The number of carbonyl (C=O) groups is 2. The highest BCUT2D eigenvalue weighted by Crippen LogP contribution is 2.16. The number of nitrogens with one attached hydrogen (secondary N) is 2. The molecule has 0 saturated carbocycles. The highest BCUT2D eigenvalue weighted by Gasteiger charge is 2.16. The van der Waals surface area contributed by atoms with Crippen molar-refractivity contribution in [1.29, 1.82) is 0 Å². The van der Waals surface area contributed by atoms with Gasteiger partial charge in [-0.05, 0) is 30.7 Å². The molecule has 2 amide bonds. The first-order chi connectivity index (χ1) is 14.5. The summed E-state index contributed by atoms with van der Waals surface area (Å²) in [6.07, 6.45) is 3.36. The Morgan fingerprint density at radius 2 is 1.87 bits per heavy atom. The second-order valence-corrected chi connectivity index (χ2v) is 6.33. The quantitative estimate of drug-likeness (QED) is 0.460. The number of halogens is 1. The summed E-state index contributed by atoms with van der Waals surface area (Å²) in [6, 6.07) is 15.5. The van der Waals surface area contributed by atoms with Gasteiger partial charge in [0.15, 0.2) is 17.7 Å². The Morgan fingerprint density at radius 3 is 2.63 bits per heavy atom. The molecule has 0 fully saturated rings. The van der Waals surface area contributed by atoms with E-state index in [0.717, 1.165) is 5.56 Å². The van der Waals surface area contributed by atoms with Crippen LogP contribution in [0.15, 0.2) is 66.9 Å². The van der Waals surface area contributed by atoms with Crippen molar-refractivity contribution in [3.05, 3.63) is 83.9 Å². The normalized spacial score (nSPS) is 11.8. The van der Waals surface area contributed by atoms with Crippen LogP contribution in [0.5, 0.6) is 5.75 Å². The van der Waals surface area contributed by atoms with Crippen molar-refractivity contribution in [2.75, 3.05) is 0 Å². The summed E-state index contributed by atoms with van der Waals surface area (Å²) in [4.78, 5) is 23.9. The molecule has 2 aromatic carbocycles. The van der Waals surface area contributed by atoms with Gasteiger partial charge < -0.3 is 4.74 Å². The van der Waals surface area contributed by atoms with Crippen molar-refractivity contribution >= 4 is 17.9 Å². The van der Waals surface area contributed by atoms with Gasteiger partial charge in [0, 0.05) is 6.08 Å². The molecule has 0 aliphatic rings. The average Bonchev–Trinajstić information content (AvgIpc) is 3.20. The van der Waals surface area contributed by atoms with E-state index >= 15 is 0 Å². The number of carbonyl (C=O) groups excluding carboxylic acids is 2. The molecule has 2 N–H and O–H groups in total. The third-order valence-electron chi connectivity index (χ3n) is 3.97. The van der Waals surface area contributed by atoms with Crippen LogP contribution in [0.3, 0.4) is 0 Å². The second-order valence-electron chi connectivity index (χ2n) is 6.33. The lowest BCUT2D eigenvalue weighted by molar-refractivity contribution is -0.131.